The lowest BCUT2D eigenvalue weighted by Gasteiger charge is -2.36. The molecule has 1 saturated carbocycles. The van der Waals surface area contributed by atoms with E-state index < -0.39 is 0 Å². The van der Waals surface area contributed by atoms with Crippen molar-refractivity contribution < 1.29 is 4.74 Å². The van der Waals surface area contributed by atoms with Gasteiger partial charge in [0.25, 0.3) is 0 Å². The molecule has 2 aliphatic rings. The second kappa shape index (κ2) is 10.4. The number of guanidine groups is 1. The normalized spacial score (nSPS) is 20.8. The van der Waals surface area contributed by atoms with Crippen LogP contribution in [0.2, 0.25) is 0 Å². The van der Waals surface area contributed by atoms with Gasteiger partial charge in [0.1, 0.15) is 0 Å². The van der Waals surface area contributed by atoms with E-state index in [2.05, 4.69) is 52.2 Å². The van der Waals surface area contributed by atoms with Gasteiger partial charge in [0.05, 0.1) is 0 Å². The monoisotopic (exact) mass is 507 g/mol. The molecule has 1 aromatic carbocycles. The topological polar surface area (TPSA) is 45.7 Å². The minimum atomic E-state index is 0. The summed E-state index contributed by atoms with van der Waals surface area (Å²) in [5.41, 5.74) is 0. The Balaban J connectivity index is 0.00000243. The molecule has 0 bridgehead atoms. The van der Waals surface area contributed by atoms with E-state index in [-0.39, 0.29) is 28.7 Å². The summed E-state index contributed by atoms with van der Waals surface area (Å²) in [7, 11) is 1.86. The minimum absolute atomic E-state index is 0. The number of hydrogen-bond donors (Lipinski definition) is 2. The zero-order valence-electron chi connectivity index (χ0n) is 15.6. The van der Waals surface area contributed by atoms with Crippen molar-refractivity contribution in [2.45, 2.75) is 40.1 Å². The molecule has 1 aromatic rings. The van der Waals surface area contributed by atoms with E-state index in [1.807, 2.05) is 30.6 Å². The van der Waals surface area contributed by atoms with E-state index in [0.29, 0.717) is 4.75 Å². The maximum Gasteiger partial charge on any atom is 0.191 e. The predicted molar refractivity (Wildman–Crippen MR) is 125 cm³/mol. The molecule has 0 spiro atoms. The first kappa shape index (κ1) is 22.2. The van der Waals surface area contributed by atoms with Crippen molar-refractivity contribution in [1.82, 2.24) is 10.6 Å². The second-order valence-electron chi connectivity index (χ2n) is 6.88. The summed E-state index contributed by atoms with van der Waals surface area (Å²) in [6.45, 7) is 3.63. The van der Waals surface area contributed by atoms with Crippen LogP contribution in [0.4, 0.5) is 0 Å². The molecule has 26 heavy (non-hydrogen) atoms. The Morgan fingerprint density at radius 3 is 2.19 bits per heavy atom. The van der Waals surface area contributed by atoms with Gasteiger partial charge in [-0.05, 0) is 44.1 Å². The Morgan fingerprint density at radius 1 is 1.04 bits per heavy atom. The fourth-order valence-corrected chi connectivity index (χ4v) is 5.13. The fraction of sp³-hybridized carbons (Fsp3) is 0.632. The smallest absolute Gasteiger partial charge is 0.191 e. The van der Waals surface area contributed by atoms with E-state index in [0.717, 1.165) is 45.1 Å². The maximum absolute atomic E-state index is 5.53. The van der Waals surface area contributed by atoms with Crippen LogP contribution >= 0.6 is 47.5 Å². The third-order valence-corrected chi connectivity index (χ3v) is 8.01. The van der Waals surface area contributed by atoms with Crippen LogP contribution in [0.1, 0.15) is 25.7 Å². The van der Waals surface area contributed by atoms with Gasteiger partial charge in [0.2, 0.25) is 0 Å². The highest BCUT2D eigenvalue weighted by Crippen LogP contribution is 2.51. The van der Waals surface area contributed by atoms with Crippen molar-refractivity contribution in [3.05, 3.63) is 30.3 Å². The van der Waals surface area contributed by atoms with Crippen molar-refractivity contribution in [2.24, 2.45) is 4.99 Å². The van der Waals surface area contributed by atoms with Crippen molar-refractivity contribution in [2.75, 3.05) is 39.6 Å². The van der Waals surface area contributed by atoms with E-state index in [1.54, 1.807) is 0 Å². The van der Waals surface area contributed by atoms with Crippen LogP contribution < -0.4 is 10.6 Å². The zero-order chi connectivity index (χ0) is 17.6. The molecule has 7 heteroatoms. The number of aliphatic imine (C=N–C) groups is 1. The molecular weight excluding hydrogens is 477 g/mol. The molecule has 0 aromatic heterocycles. The number of benzene rings is 1. The maximum atomic E-state index is 5.53. The fourth-order valence-electron chi connectivity index (χ4n) is 3.10. The molecule has 2 fully saturated rings. The first-order valence-electron chi connectivity index (χ1n) is 9.01. The molecule has 1 heterocycles. The number of nitrogens with one attached hydrogen (secondary N) is 2. The Bertz CT molecular complexity index is 575. The summed E-state index contributed by atoms with van der Waals surface area (Å²) in [5.74, 6) is 0.917. The summed E-state index contributed by atoms with van der Waals surface area (Å²) in [6, 6.07) is 10.7. The molecule has 4 nitrogen and oxygen atoms in total. The van der Waals surface area contributed by atoms with Gasteiger partial charge in [-0.3, -0.25) is 4.99 Å². The number of thioether (sulfide) groups is 2. The molecule has 2 N–H and O–H groups in total. The highest BCUT2D eigenvalue weighted by molar-refractivity contribution is 14.0. The number of rotatable bonds is 7. The first-order chi connectivity index (χ1) is 12.2. The Kier molecular flexibility index (Phi) is 8.90. The number of halogens is 1. The van der Waals surface area contributed by atoms with Crippen LogP contribution in [-0.2, 0) is 4.74 Å². The van der Waals surface area contributed by atoms with E-state index in [9.17, 15) is 0 Å². The molecule has 1 aliphatic carbocycles. The second-order valence-corrected chi connectivity index (χ2v) is 9.69. The zero-order valence-corrected chi connectivity index (χ0v) is 19.6. The first-order valence-corrected chi connectivity index (χ1v) is 11.0. The van der Waals surface area contributed by atoms with Crippen LogP contribution in [0, 0.1) is 0 Å². The van der Waals surface area contributed by atoms with Crippen molar-refractivity contribution in [3.8, 4) is 0 Å². The van der Waals surface area contributed by atoms with Crippen LogP contribution in [0.15, 0.2) is 40.2 Å². The molecular formula is C19H30IN3OS2. The van der Waals surface area contributed by atoms with Gasteiger partial charge in [0, 0.05) is 47.7 Å². The Labute approximate surface area is 183 Å². The Hall–Kier alpha value is -0.120. The number of ether oxygens (including phenoxy) is 1. The molecule has 3 rings (SSSR count). The Morgan fingerprint density at radius 2 is 1.65 bits per heavy atom. The summed E-state index contributed by atoms with van der Waals surface area (Å²) in [6.07, 6.45) is 6.95. The van der Waals surface area contributed by atoms with E-state index in [1.165, 1.54) is 17.7 Å². The average molecular weight is 508 g/mol. The quantitative estimate of drug-likeness (QED) is 0.332. The van der Waals surface area contributed by atoms with Gasteiger partial charge in [-0.2, -0.15) is 11.8 Å². The van der Waals surface area contributed by atoms with Crippen molar-refractivity contribution >= 4 is 53.5 Å². The molecule has 0 radical (unpaired) electrons. The van der Waals surface area contributed by atoms with E-state index >= 15 is 0 Å². The van der Waals surface area contributed by atoms with Gasteiger partial charge in [-0.15, -0.1) is 35.7 Å². The van der Waals surface area contributed by atoms with Crippen LogP contribution in [0.5, 0.6) is 0 Å². The third-order valence-electron chi connectivity index (χ3n) is 5.10. The van der Waals surface area contributed by atoms with Crippen LogP contribution in [0.25, 0.3) is 0 Å². The van der Waals surface area contributed by atoms with Gasteiger partial charge in [-0.25, -0.2) is 0 Å². The van der Waals surface area contributed by atoms with Gasteiger partial charge < -0.3 is 15.4 Å². The van der Waals surface area contributed by atoms with Crippen molar-refractivity contribution in [1.29, 1.82) is 0 Å². The number of nitrogens with zero attached hydrogens (tertiary/aromatic N) is 1. The van der Waals surface area contributed by atoms with Gasteiger partial charge >= 0.3 is 0 Å². The molecule has 146 valence electrons. The molecule has 0 amide bonds. The summed E-state index contributed by atoms with van der Waals surface area (Å²) in [4.78, 5) is 5.78. The SMILES string of the molecule is CN=C(NCC1(SC)CCOCC1)NCC1(Sc2ccccc2)CC1.I. The molecule has 1 saturated heterocycles. The molecule has 0 atom stereocenters. The lowest BCUT2D eigenvalue weighted by Crippen LogP contribution is -2.49. The average Bonchev–Trinajstić information content (AvgIpc) is 3.43. The molecule has 1 aliphatic heterocycles. The lowest BCUT2D eigenvalue weighted by molar-refractivity contribution is 0.0783. The van der Waals surface area contributed by atoms with Gasteiger partial charge in [-0.1, -0.05) is 18.2 Å². The highest BCUT2D eigenvalue weighted by atomic mass is 127. The van der Waals surface area contributed by atoms with E-state index in [4.69, 9.17) is 4.74 Å². The standard InChI is InChI=1S/C19H29N3OS2.HI/c1-20-17(21-14-18(24-2)10-12-23-13-11-18)22-15-19(8-9-19)25-16-6-4-3-5-7-16;/h3-7H,8-15H2,1-2H3,(H2,20,21,22);1H. The number of hydrogen-bond acceptors (Lipinski definition) is 4. The molecule has 0 unspecified atom stereocenters. The van der Waals surface area contributed by atoms with Crippen LogP contribution in [-0.4, -0.2) is 55.1 Å². The summed E-state index contributed by atoms with van der Waals surface area (Å²) >= 11 is 3.95. The summed E-state index contributed by atoms with van der Waals surface area (Å²) in [5, 5.41) is 7.10. The predicted octanol–water partition coefficient (Wildman–Crippen LogP) is 4.01. The summed E-state index contributed by atoms with van der Waals surface area (Å²) < 4.78 is 6.13. The largest absolute Gasteiger partial charge is 0.381 e. The lowest BCUT2D eigenvalue weighted by atomic mass is 9.99. The van der Waals surface area contributed by atoms with Crippen LogP contribution in [0.3, 0.4) is 0 Å². The van der Waals surface area contributed by atoms with Crippen molar-refractivity contribution in [3.63, 3.8) is 0 Å². The third kappa shape index (κ3) is 6.21. The highest BCUT2D eigenvalue weighted by Gasteiger charge is 2.43. The minimum Gasteiger partial charge on any atom is -0.381 e. The van der Waals surface area contributed by atoms with Gasteiger partial charge in [0.15, 0.2) is 5.96 Å².